The molecule has 0 saturated carbocycles. The Bertz CT molecular complexity index is 567. The first-order valence-corrected chi connectivity index (χ1v) is 20.5. The number of hydrogen-bond acceptors (Lipinski definition) is 8. The van der Waals surface area contributed by atoms with Crippen molar-refractivity contribution in [2.45, 2.75) is 168 Å². The van der Waals surface area contributed by atoms with Gasteiger partial charge in [0.1, 0.15) is 0 Å². The monoisotopic (exact) mass is 691 g/mol. The molecule has 0 aromatic heterocycles. The van der Waals surface area contributed by atoms with E-state index >= 15 is 0 Å². The third-order valence-electron chi connectivity index (χ3n) is 9.05. The number of aliphatic hydroxyl groups is 2. The van der Waals surface area contributed by atoms with Crippen LogP contribution in [0, 0.1) is 5.92 Å². The van der Waals surface area contributed by atoms with Gasteiger partial charge in [0.15, 0.2) is 0 Å². The lowest BCUT2D eigenvalue weighted by Gasteiger charge is -2.26. The fraction of sp³-hybridized carbons (Fsp3) is 1.00. The Morgan fingerprint density at radius 1 is 0.354 bits per heavy atom. The van der Waals surface area contributed by atoms with Gasteiger partial charge < -0.3 is 38.6 Å². The third kappa shape index (κ3) is 36.9. The van der Waals surface area contributed by atoms with Crippen molar-refractivity contribution in [2.24, 2.45) is 5.92 Å². The van der Waals surface area contributed by atoms with E-state index in [9.17, 15) is 5.11 Å². The first kappa shape index (κ1) is 47.7. The molecule has 0 spiro atoms. The Labute approximate surface area is 297 Å². The Hall–Kier alpha value is -0.320. The van der Waals surface area contributed by atoms with Gasteiger partial charge in [-0.3, -0.25) is 0 Å². The van der Waals surface area contributed by atoms with Gasteiger partial charge in [0.2, 0.25) is 0 Å². The molecule has 0 amide bonds. The molecule has 0 aliphatic carbocycles. The number of aliphatic hydroxyl groups excluding tert-OH is 2. The molecule has 0 aromatic carbocycles. The molecule has 0 heterocycles. The largest absolute Gasteiger partial charge is 0.394 e. The van der Waals surface area contributed by atoms with Crippen molar-refractivity contribution < 1.29 is 38.6 Å². The van der Waals surface area contributed by atoms with E-state index < -0.39 is 0 Å². The van der Waals surface area contributed by atoms with Crippen molar-refractivity contribution in [3.05, 3.63) is 0 Å². The molecule has 290 valence electrons. The number of rotatable bonds is 43. The van der Waals surface area contributed by atoms with Gasteiger partial charge in [0, 0.05) is 13.2 Å². The van der Waals surface area contributed by atoms with Gasteiger partial charge >= 0.3 is 0 Å². The molecule has 0 aliphatic heterocycles. The van der Waals surface area contributed by atoms with E-state index in [1.807, 2.05) is 0 Å². The van der Waals surface area contributed by atoms with E-state index in [2.05, 4.69) is 13.8 Å². The number of ether oxygens (including phenoxy) is 6. The molecule has 0 aliphatic rings. The van der Waals surface area contributed by atoms with Gasteiger partial charge in [-0.15, -0.1) is 0 Å². The first-order chi connectivity index (χ1) is 23.8. The number of hydrogen-bond donors (Lipinski definition) is 2. The highest BCUT2D eigenvalue weighted by molar-refractivity contribution is 4.71. The maximum atomic E-state index is 10.2. The zero-order chi connectivity index (χ0) is 34.9. The predicted octanol–water partition coefficient (Wildman–Crippen LogP) is 9.07. The molecule has 0 saturated heterocycles. The van der Waals surface area contributed by atoms with Crippen LogP contribution in [0.4, 0.5) is 0 Å². The minimum Gasteiger partial charge on any atom is -0.394 e. The second-order valence-corrected chi connectivity index (χ2v) is 13.4. The van der Waals surface area contributed by atoms with Gasteiger partial charge in [-0.25, -0.2) is 0 Å². The second-order valence-electron chi connectivity index (χ2n) is 13.4. The van der Waals surface area contributed by atoms with Crippen molar-refractivity contribution in [1.82, 2.24) is 0 Å². The first-order valence-electron chi connectivity index (χ1n) is 20.5. The van der Waals surface area contributed by atoms with Crippen LogP contribution in [-0.2, 0) is 28.4 Å². The van der Waals surface area contributed by atoms with Crippen molar-refractivity contribution in [3.8, 4) is 0 Å². The molecule has 2 atom stereocenters. The highest BCUT2D eigenvalue weighted by atomic mass is 16.6. The fourth-order valence-electron chi connectivity index (χ4n) is 6.07. The maximum absolute atomic E-state index is 10.2. The Balaban J connectivity index is 4.08. The summed E-state index contributed by atoms with van der Waals surface area (Å²) in [7, 11) is 0. The maximum Gasteiger partial charge on any atom is 0.0834 e. The molecule has 0 rings (SSSR count). The molecule has 0 fully saturated rings. The minimum atomic E-state index is -0.149. The lowest BCUT2D eigenvalue weighted by atomic mass is 9.90. The van der Waals surface area contributed by atoms with E-state index in [4.69, 9.17) is 33.5 Å². The van der Waals surface area contributed by atoms with Gasteiger partial charge in [0.05, 0.1) is 78.8 Å². The van der Waals surface area contributed by atoms with E-state index in [-0.39, 0.29) is 19.3 Å². The van der Waals surface area contributed by atoms with Gasteiger partial charge in [-0.1, -0.05) is 136 Å². The van der Waals surface area contributed by atoms with E-state index in [0.29, 0.717) is 65.4 Å². The zero-order valence-corrected chi connectivity index (χ0v) is 32.0. The summed E-state index contributed by atoms with van der Waals surface area (Å²) in [5, 5.41) is 18.9. The van der Waals surface area contributed by atoms with Crippen molar-refractivity contribution in [3.63, 3.8) is 0 Å². The topological polar surface area (TPSA) is 95.8 Å². The fourth-order valence-corrected chi connectivity index (χ4v) is 6.07. The predicted molar refractivity (Wildman–Crippen MR) is 199 cm³/mol. The standard InChI is InChI=1S/C40H82O8/c1-3-5-7-9-11-13-14-15-16-18-20-22-27-43-28-23-25-39(24-21-19-17-12-10-8-6-4-2)40(38-42)48-37-36-47-35-34-46-33-32-45-31-30-44-29-26-41/h39-42H,3-38H2,1-2H3. The average Bonchev–Trinajstić information content (AvgIpc) is 3.10. The molecule has 0 aromatic rings. The molecule has 2 unspecified atom stereocenters. The summed E-state index contributed by atoms with van der Waals surface area (Å²) in [6.45, 7) is 10.6. The summed E-state index contributed by atoms with van der Waals surface area (Å²) < 4.78 is 33.9. The van der Waals surface area contributed by atoms with Crippen molar-refractivity contribution in [2.75, 3.05) is 85.9 Å². The smallest absolute Gasteiger partial charge is 0.0834 e. The van der Waals surface area contributed by atoms with Crippen LogP contribution in [0.1, 0.15) is 162 Å². The molecule has 8 nitrogen and oxygen atoms in total. The highest BCUT2D eigenvalue weighted by Crippen LogP contribution is 2.23. The van der Waals surface area contributed by atoms with Gasteiger partial charge in [-0.05, 0) is 31.6 Å². The Morgan fingerprint density at radius 3 is 1.17 bits per heavy atom. The minimum absolute atomic E-state index is 0.0315. The normalized spacial score (nSPS) is 13.0. The van der Waals surface area contributed by atoms with Crippen LogP contribution < -0.4 is 0 Å². The van der Waals surface area contributed by atoms with Crippen LogP contribution in [0.3, 0.4) is 0 Å². The van der Waals surface area contributed by atoms with Crippen LogP contribution in [0.5, 0.6) is 0 Å². The summed E-state index contributed by atoms with van der Waals surface area (Å²) >= 11 is 0. The lowest BCUT2D eigenvalue weighted by Crippen LogP contribution is -2.30. The van der Waals surface area contributed by atoms with Crippen molar-refractivity contribution >= 4 is 0 Å². The quantitative estimate of drug-likeness (QED) is 0.0612. The van der Waals surface area contributed by atoms with Crippen LogP contribution in [0.15, 0.2) is 0 Å². The SMILES string of the molecule is CCCCCCCCCCCCCCOCCCC(CCCCCCCCCC)C(CO)OCCOCCOCCOCCOCCO. The summed E-state index contributed by atoms with van der Waals surface area (Å²) in [6.07, 6.45) is 29.9. The molecular formula is C40H82O8. The van der Waals surface area contributed by atoms with E-state index in [0.717, 1.165) is 32.5 Å². The van der Waals surface area contributed by atoms with Crippen LogP contribution in [0.2, 0.25) is 0 Å². The summed E-state index contributed by atoms with van der Waals surface area (Å²) in [6, 6.07) is 0. The summed E-state index contributed by atoms with van der Waals surface area (Å²) in [5.74, 6) is 0.350. The molecule has 2 N–H and O–H groups in total. The summed E-state index contributed by atoms with van der Waals surface area (Å²) in [4.78, 5) is 0. The average molecular weight is 691 g/mol. The second kappa shape index (κ2) is 42.8. The third-order valence-corrected chi connectivity index (χ3v) is 9.05. The van der Waals surface area contributed by atoms with E-state index in [1.54, 1.807) is 0 Å². The molecule has 8 heteroatoms. The Morgan fingerprint density at radius 2 is 0.708 bits per heavy atom. The van der Waals surface area contributed by atoms with Crippen LogP contribution in [0.25, 0.3) is 0 Å². The molecule has 0 bridgehead atoms. The van der Waals surface area contributed by atoms with Gasteiger partial charge in [-0.2, -0.15) is 0 Å². The Kier molecular flexibility index (Phi) is 42.6. The molecular weight excluding hydrogens is 608 g/mol. The zero-order valence-electron chi connectivity index (χ0n) is 32.0. The molecule has 48 heavy (non-hydrogen) atoms. The van der Waals surface area contributed by atoms with Gasteiger partial charge in [0.25, 0.3) is 0 Å². The summed E-state index contributed by atoms with van der Waals surface area (Å²) in [5.41, 5.74) is 0. The van der Waals surface area contributed by atoms with Crippen LogP contribution >= 0.6 is 0 Å². The van der Waals surface area contributed by atoms with Crippen LogP contribution in [-0.4, -0.2) is 102 Å². The lowest BCUT2D eigenvalue weighted by molar-refractivity contribution is -0.0581. The number of unbranched alkanes of at least 4 members (excludes halogenated alkanes) is 18. The molecule has 0 radical (unpaired) electrons. The van der Waals surface area contributed by atoms with Crippen molar-refractivity contribution in [1.29, 1.82) is 0 Å². The highest BCUT2D eigenvalue weighted by Gasteiger charge is 2.21. The van der Waals surface area contributed by atoms with E-state index in [1.165, 1.54) is 128 Å².